The second-order valence-corrected chi connectivity index (χ2v) is 4.09. The summed E-state index contributed by atoms with van der Waals surface area (Å²) >= 11 is 0. The van der Waals surface area contributed by atoms with E-state index in [2.05, 4.69) is 22.4 Å². The summed E-state index contributed by atoms with van der Waals surface area (Å²) in [6.07, 6.45) is 0. The summed E-state index contributed by atoms with van der Waals surface area (Å²) in [4.78, 5) is 0. The Bertz CT molecular complexity index is 661. The number of fused-ring (bicyclic) bond motifs is 1. The summed E-state index contributed by atoms with van der Waals surface area (Å²) in [5.74, 6) is 0.819. The number of hydrogen-bond acceptors (Lipinski definition) is 3. The Morgan fingerprint density at radius 3 is 2.72 bits per heavy atom. The molecule has 0 spiro atoms. The maximum atomic E-state index is 5.23. The predicted octanol–water partition coefficient (Wildman–Crippen LogP) is 2.49. The van der Waals surface area contributed by atoms with Crippen molar-refractivity contribution < 1.29 is 4.74 Å². The fraction of sp³-hybridized carbons (Fsp3) is 0.143. The molecule has 3 aromatic rings. The number of aromatic nitrogens is 3. The molecule has 90 valence electrons. The zero-order valence-electron chi connectivity index (χ0n) is 10.1. The fourth-order valence-corrected chi connectivity index (χ4v) is 1.95. The summed E-state index contributed by atoms with van der Waals surface area (Å²) in [6.45, 7) is 0.713. The predicted molar refractivity (Wildman–Crippen MR) is 69.6 cm³/mol. The minimum absolute atomic E-state index is 0.713. The van der Waals surface area contributed by atoms with Crippen LogP contribution in [0.3, 0.4) is 0 Å². The van der Waals surface area contributed by atoms with Crippen molar-refractivity contribution in [3.8, 4) is 5.75 Å². The first-order valence-corrected chi connectivity index (χ1v) is 5.78. The molecule has 0 aliphatic heterocycles. The molecule has 1 aromatic heterocycles. The van der Waals surface area contributed by atoms with E-state index in [0.29, 0.717) is 6.54 Å². The number of benzene rings is 2. The average Bonchev–Trinajstić information content (AvgIpc) is 2.82. The Labute approximate surface area is 105 Å². The van der Waals surface area contributed by atoms with Gasteiger partial charge in [0.05, 0.1) is 19.2 Å². The third kappa shape index (κ3) is 1.93. The van der Waals surface area contributed by atoms with Crippen LogP contribution in [0.25, 0.3) is 11.0 Å². The van der Waals surface area contributed by atoms with Crippen LogP contribution in [0.4, 0.5) is 0 Å². The topological polar surface area (TPSA) is 39.9 Å². The lowest BCUT2D eigenvalue weighted by molar-refractivity contribution is 0.415. The maximum Gasteiger partial charge on any atom is 0.121 e. The van der Waals surface area contributed by atoms with E-state index >= 15 is 0 Å². The van der Waals surface area contributed by atoms with Crippen molar-refractivity contribution in [1.82, 2.24) is 15.0 Å². The molecule has 0 aliphatic carbocycles. The highest BCUT2D eigenvalue weighted by Gasteiger charge is 2.06. The largest absolute Gasteiger partial charge is 0.497 e. The molecule has 0 aliphatic rings. The maximum absolute atomic E-state index is 5.23. The first kappa shape index (κ1) is 10.8. The number of nitrogens with zero attached hydrogens (tertiary/aromatic N) is 3. The van der Waals surface area contributed by atoms with E-state index in [1.54, 1.807) is 7.11 Å². The zero-order valence-corrected chi connectivity index (χ0v) is 10.1. The first-order chi connectivity index (χ1) is 8.86. The van der Waals surface area contributed by atoms with Crippen LogP contribution in [0.1, 0.15) is 5.56 Å². The van der Waals surface area contributed by atoms with Crippen molar-refractivity contribution in [2.24, 2.45) is 0 Å². The Balaban J connectivity index is 2.01. The Hall–Kier alpha value is -2.36. The smallest absolute Gasteiger partial charge is 0.121 e. The van der Waals surface area contributed by atoms with Gasteiger partial charge in [0.2, 0.25) is 0 Å². The van der Waals surface area contributed by atoms with E-state index in [0.717, 1.165) is 16.8 Å². The third-order valence-corrected chi connectivity index (χ3v) is 2.90. The van der Waals surface area contributed by atoms with Crippen molar-refractivity contribution >= 4 is 11.0 Å². The van der Waals surface area contributed by atoms with Gasteiger partial charge in [-0.05, 0) is 17.7 Å². The van der Waals surface area contributed by atoms with Gasteiger partial charge in [-0.2, -0.15) is 0 Å². The van der Waals surface area contributed by atoms with E-state index in [-0.39, 0.29) is 0 Å². The monoisotopic (exact) mass is 239 g/mol. The molecule has 0 radical (unpaired) electrons. The van der Waals surface area contributed by atoms with Crippen molar-refractivity contribution in [2.75, 3.05) is 7.11 Å². The summed E-state index contributed by atoms with van der Waals surface area (Å²) in [6, 6.07) is 16.0. The lowest BCUT2D eigenvalue weighted by Crippen LogP contribution is -2.01. The molecule has 0 bridgehead atoms. The molecule has 0 N–H and O–H groups in total. The molecule has 4 heteroatoms. The molecule has 0 atom stereocenters. The van der Waals surface area contributed by atoms with Crippen LogP contribution in [-0.4, -0.2) is 22.1 Å². The summed E-state index contributed by atoms with van der Waals surface area (Å²) in [5, 5.41) is 8.32. The number of ether oxygens (including phenoxy) is 1. The second kappa shape index (κ2) is 4.49. The van der Waals surface area contributed by atoms with E-state index in [4.69, 9.17) is 4.74 Å². The molecule has 0 amide bonds. The van der Waals surface area contributed by atoms with Crippen molar-refractivity contribution in [3.63, 3.8) is 0 Å². The highest BCUT2D eigenvalue weighted by atomic mass is 16.5. The van der Waals surface area contributed by atoms with Gasteiger partial charge in [-0.25, -0.2) is 4.68 Å². The van der Waals surface area contributed by atoms with Gasteiger partial charge in [-0.15, -0.1) is 5.10 Å². The molecule has 1 heterocycles. The van der Waals surface area contributed by atoms with Crippen LogP contribution in [0.5, 0.6) is 5.75 Å². The van der Waals surface area contributed by atoms with Crippen molar-refractivity contribution in [1.29, 1.82) is 0 Å². The van der Waals surface area contributed by atoms with Crippen LogP contribution >= 0.6 is 0 Å². The third-order valence-electron chi connectivity index (χ3n) is 2.90. The van der Waals surface area contributed by atoms with Crippen LogP contribution in [0.2, 0.25) is 0 Å². The van der Waals surface area contributed by atoms with Gasteiger partial charge in [-0.1, -0.05) is 35.5 Å². The highest BCUT2D eigenvalue weighted by Crippen LogP contribution is 2.19. The molecule has 18 heavy (non-hydrogen) atoms. The van der Waals surface area contributed by atoms with Crippen LogP contribution < -0.4 is 4.74 Å². The fourth-order valence-electron chi connectivity index (χ4n) is 1.95. The van der Waals surface area contributed by atoms with Gasteiger partial charge < -0.3 is 4.74 Å². The highest BCUT2D eigenvalue weighted by molar-refractivity contribution is 5.76. The van der Waals surface area contributed by atoms with E-state index in [1.807, 2.05) is 41.1 Å². The van der Waals surface area contributed by atoms with E-state index in [1.165, 1.54) is 5.56 Å². The van der Waals surface area contributed by atoms with Gasteiger partial charge >= 0.3 is 0 Å². The van der Waals surface area contributed by atoms with Gasteiger partial charge in [-0.3, -0.25) is 0 Å². The van der Waals surface area contributed by atoms with Crippen molar-refractivity contribution in [2.45, 2.75) is 6.54 Å². The SMILES string of the molecule is COc1ccc2nnn(Cc3ccccc3)c2c1. The average molecular weight is 239 g/mol. The van der Waals surface area contributed by atoms with Gasteiger partial charge in [0, 0.05) is 6.07 Å². The Morgan fingerprint density at radius 1 is 1.11 bits per heavy atom. The van der Waals surface area contributed by atoms with Crippen LogP contribution in [0.15, 0.2) is 48.5 Å². The zero-order chi connectivity index (χ0) is 12.4. The Morgan fingerprint density at radius 2 is 1.94 bits per heavy atom. The lowest BCUT2D eigenvalue weighted by atomic mass is 10.2. The molecule has 3 rings (SSSR count). The molecule has 2 aromatic carbocycles. The second-order valence-electron chi connectivity index (χ2n) is 4.09. The quantitative estimate of drug-likeness (QED) is 0.705. The number of rotatable bonds is 3. The van der Waals surface area contributed by atoms with Gasteiger partial charge in [0.25, 0.3) is 0 Å². The van der Waals surface area contributed by atoms with E-state index < -0.39 is 0 Å². The Kier molecular flexibility index (Phi) is 2.68. The minimum Gasteiger partial charge on any atom is -0.497 e. The summed E-state index contributed by atoms with van der Waals surface area (Å²) < 4.78 is 7.11. The standard InChI is InChI=1S/C14H13N3O/c1-18-12-7-8-13-14(9-12)17(16-15-13)10-11-5-3-2-4-6-11/h2-9H,10H2,1H3. The molecule has 4 nitrogen and oxygen atoms in total. The molecule has 0 unspecified atom stereocenters. The molecular formula is C14H13N3O. The van der Waals surface area contributed by atoms with Gasteiger partial charge in [0.15, 0.2) is 0 Å². The van der Waals surface area contributed by atoms with Gasteiger partial charge in [0.1, 0.15) is 11.3 Å². The van der Waals surface area contributed by atoms with Crippen LogP contribution in [-0.2, 0) is 6.54 Å². The van der Waals surface area contributed by atoms with Crippen LogP contribution in [0, 0.1) is 0 Å². The van der Waals surface area contributed by atoms with Crippen molar-refractivity contribution in [3.05, 3.63) is 54.1 Å². The summed E-state index contributed by atoms with van der Waals surface area (Å²) in [7, 11) is 1.66. The lowest BCUT2D eigenvalue weighted by Gasteiger charge is -2.03. The summed E-state index contributed by atoms with van der Waals surface area (Å²) in [5.41, 5.74) is 3.07. The molecule has 0 saturated heterocycles. The molecule has 0 saturated carbocycles. The van der Waals surface area contributed by atoms with E-state index in [9.17, 15) is 0 Å². The first-order valence-electron chi connectivity index (χ1n) is 5.78. The number of methoxy groups -OCH3 is 1. The number of hydrogen-bond donors (Lipinski definition) is 0. The minimum atomic E-state index is 0.713. The molecule has 0 fully saturated rings. The molecular weight excluding hydrogens is 226 g/mol. The normalized spacial score (nSPS) is 10.7.